The van der Waals surface area contributed by atoms with Gasteiger partial charge in [-0.15, -0.1) is 0 Å². The van der Waals surface area contributed by atoms with Crippen LogP contribution in [0.4, 0.5) is 11.4 Å². The number of hydrogen-bond donors (Lipinski definition) is 1. The van der Waals surface area contributed by atoms with Gasteiger partial charge in [0, 0.05) is 27.6 Å². The fourth-order valence-corrected chi connectivity index (χ4v) is 3.53. The van der Waals surface area contributed by atoms with Crippen LogP contribution in [0.3, 0.4) is 0 Å². The molecular formula is C14H12Br2N2O2. The van der Waals surface area contributed by atoms with Crippen molar-refractivity contribution < 1.29 is 4.92 Å². The second kappa shape index (κ2) is 6.37. The highest BCUT2D eigenvalue weighted by atomic mass is 79.9. The van der Waals surface area contributed by atoms with Crippen LogP contribution in [0.15, 0.2) is 45.3 Å². The number of anilines is 1. The van der Waals surface area contributed by atoms with Gasteiger partial charge in [0.05, 0.1) is 10.6 Å². The van der Waals surface area contributed by atoms with Crippen LogP contribution in [0, 0.1) is 17.0 Å². The average molecular weight is 400 g/mol. The van der Waals surface area contributed by atoms with Crippen molar-refractivity contribution in [1.82, 2.24) is 0 Å². The lowest BCUT2D eigenvalue weighted by Crippen LogP contribution is -2.02. The van der Waals surface area contributed by atoms with E-state index in [9.17, 15) is 10.1 Å². The van der Waals surface area contributed by atoms with Crippen LogP contribution in [-0.2, 0) is 6.54 Å². The van der Waals surface area contributed by atoms with E-state index >= 15 is 0 Å². The van der Waals surface area contributed by atoms with E-state index < -0.39 is 0 Å². The minimum atomic E-state index is -0.388. The van der Waals surface area contributed by atoms with Crippen LogP contribution >= 0.6 is 31.9 Å². The molecule has 4 nitrogen and oxygen atoms in total. The molecule has 104 valence electrons. The van der Waals surface area contributed by atoms with E-state index in [0.717, 1.165) is 25.8 Å². The number of nitro groups is 1. The lowest BCUT2D eigenvalue weighted by Gasteiger charge is -2.12. The molecule has 6 heteroatoms. The maximum atomic E-state index is 10.7. The first-order chi connectivity index (χ1) is 9.47. The van der Waals surface area contributed by atoms with Crippen molar-refractivity contribution in [3.05, 3.63) is 66.6 Å². The highest BCUT2D eigenvalue weighted by molar-refractivity contribution is 9.11. The van der Waals surface area contributed by atoms with Crippen LogP contribution < -0.4 is 5.32 Å². The topological polar surface area (TPSA) is 55.2 Å². The Morgan fingerprint density at radius 3 is 2.45 bits per heavy atom. The van der Waals surface area contributed by atoms with Gasteiger partial charge in [-0.1, -0.05) is 12.1 Å². The number of halogens is 2. The standard InChI is InChI=1S/C14H12Br2N2O2/c1-9-5-12(15)14(13(16)6-9)17-8-10-3-2-4-11(7-10)18(19)20/h2-7,17H,8H2,1H3. The number of non-ortho nitro benzene ring substituents is 1. The average Bonchev–Trinajstić information content (AvgIpc) is 2.37. The molecule has 0 aliphatic carbocycles. The third-order valence-electron chi connectivity index (χ3n) is 2.78. The molecule has 0 fully saturated rings. The number of nitrogens with one attached hydrogen (secondary N) is 1. The van der Waals surface area contributed by atoms with E-state index in [1.807, 2.05) is 25.1 Å². The molecule has 20 heavy (non-hydrogen) atoms. The molecule has 0 unspecified atom stereocenters. The predicted octanol–water partition coefficient (Wildman–Crippen LogP) is 5.04. The number of rotatable bonds is 4. The molecule has 0 saturated heterocycles. The molecule has 0 bridgehead atoms. The Balaban J connectivity index is 2.17. The molecule has 0 heterocycles. The van der Waals surface area contributed by atoms with Gasteiger partial charge in [-0.2, -0.15) is 0 Å². The van der Waals surface area contributed by atoms with E-state index in [4.69, 9.17) is 0 Å². The summed E-state index contributed by atoms with van der Waals surface area (Å²) < 4.78 is 1.91. The summed E-state index contributed by atoms with van der Waals surface area (Å²) in [4.78, 5) is 10.4. The van der Waals surface area contributed by atoms with E-state index in [0.29, 0.717) is 6.54 Å². The number of nitrogens with zero attached hydrogens (tertiary/aromatic N) is 1. The molecule has 0 atom stereocenters. The fourth-order valence-electron chi connectivity index (χ4n) is 1.84. The molecule has 2 aromatic rings. The molecule has 0 aromatic heterocycles. The van der Waals surface area contributed by atoms with Gasteiger partial charge in [-0.3, -0.25) is 10.1 Å². The molecule has 0 spiro atoms. The van der Waals surface area contributed by atoms with Crippen LogP contribution in [0.1, 0.15) is 11.1 Å². The highest BCUT2D eigenvalue weighted by Gasteiger charge is 2.08. The minimum absolute atomic E-state index is 0.103. The second-order valence-electron chi connectivity index (χ2n) is 4.38. The molecule has 0 amide bonds. The summed E-state index contributed by atoms with van der Waals surface area (Å²) in [6, 6.07) is 10.6. The lowest BCUT2D eigenvalue weighted by atomic mass is 10.2. The van der Waals surface area contributed by atoms with Crippen LogP contribution in [0.2, 0.25) is 0 Å². The number of aryl methyl sites for hydroxylation is 1. The van der Waals surface area contributed by atoms with Gasteiger partial charge in [0.25, 0.3) is 5.69 Å². The Kier molecular flexibility index (Phi) is 4.77. The zero-order chi connectivity index (χ0) is 14.7. The summed E-state index contributed by atoms with van der Waals surface area (Å²) >= 11 is 7.02. The summed E-state index contributed by atoms with van der Waals surface area (Å²) in [5.41, 5.74) is 3.04. The normalized spacial score (nSPS) is 10.3. The van der Waals surface area contributed by atoms with Gasteiger partial charge in [-0.25, -0.2) is 0 Å². The zero-order valence-electron chi connectivity index (χ0n) is 10.7. The Bertz CT molecular complexity index is 636. The Labute approximate surface area is 133 Å². The summed E-state index contributed by atoms with van der Waals surface area (Å²) in [7, 11) is 0. The van der Waals surface area contributed by atoms with Crippen molar-refractivity contribution >= 4 is 43.2 Å². The van der Waals surface area contributed by atoms with E-state index in [1.54, 1.807) is 12.1 Å². The zero-order valence-corrected chi connectivity index (χ0v) is 13.9. The molecule has 0 radical (unpaired) electrons. The molecule has 0 aliphatic rings. The van der Waals surface area contributed by atoms with Crippen molar-refractivity contribution in [2.24, 2.45) is 0 Å². The summed E-state index contributed by atoms with van der Waals surface area (Å²) in [5, 5.41) is 14.0. The number of hydrogen-bond acceptors (Lipinski definition) is 3. The first-order valence-electron chi connectivity index (χ1n) is 5.90. The Morgan fingerprint density at radius 1 is 1.20 bits per heavy atom. The molecule has 1 N–H and O–H groups in total. The van der Waals surface area contributed by atoms with Crippen molar-refractivity contribution in [3.8, 4) is 0 Å². The maximum absolute atomic E-state index is 10.7. The van der Waals surface area contributed by atoms with Crippen molar-refractivity contribution in [2.75, 3.05) is 5.32 Å². The van der Waals surface area contributed by atoms with Gasteiger partial charge < -0.3 is 5.32 Å². The van der Waals surface area contributed by atoms with Crippen molar-refractivity contribution in [2.45, 2.75) is 13.5 Å². The van der Waals surface area contributed by atoms with Crippen molar-refractivity contribution in [3.63, 3.8) is 0 Å². The Hall–Kier alpha value is -1.40. The molecule has 2 aromatic carbocycles. The number of benzene rings is 2. The first kappa shape index (κ1) is 15.0. The van der Waals surface area contributed by atoms with Gasteiger partial charge in [0.2, 0.25) is 0 Å². The van der Waals surface area contributed by atoms with E-state index in [-0.39, 0.29) is 10.6 Å². The second-order valence-corrected chi connectivity index (χ2v) is 6.09. The Morgan fingerprint density at radius 2 is 1.85 bits per heavy atom. The highest BCUT2D eigenvalue weighted by Crippen LogP contribution is 2.32. The van der Waals surface area contributed by atoms with Gasteiger partial charge >= 0.3 is 0 Å². The third kappa shape index (κ3) is 3.58. The predicted molar refractivity (Wildman–Crippen MR) is 87.0 cm³/mol. The smallest absolute Gasteiger partial charge is 0.269 e. The van der Waals surface area contributed by atoms with E-state index in [1.165, 1.54) is 6.07 Å². The fraction of sp³-hybridized carbons (Fsp3) is 0.143. The summed E-state index contributed by atoms with van der Waals surface area (Å²) in [6.45, 7) is 2.53. The summed E-state index contributed by atoms with van der Waals surface area (Å²) in [6.07, 6.45) is 0. The van der Waals surface area contributed by atoms with Crippen LogP contribution in [0.5, 0.6) is 0 Å². The molecule has 0 saturated carbocycles. The third-order valence-corrected chi connectivity index (χ3v) is 4.03. The van der Waals surface area contributed by atoms with Crippen molar-refractivity contribution in [1.29, 1.82) is 0 Å². The monoisotopic (exact) mass is 398 g/mol. The lowest BCUT2D eigenvalue weighted by molar-refractivity contribution is -0.384. The SMILES string of the molecule is Cc1cc(Br)c(NCc2cccc([N+](=O)[O-])c2)c(Br)c1. The van der Waals surface area contributed by atoms with E-state index in [2.05, 4.69) is 37.2 Å². The molecular weight excluding hydrogens is 388 g/mol. The maximum Gasteiger partial charge on any atom is 0.269 e. The summed E-state index contributed by atoms with van der Waals surface area (Å²) in [5.74, 6) is 0. The molecule has 2 rings (SSSR count). The van der Waals surface area contributed by atoms with Gasteiger partial charge in [0.1, 0.15) is 0 Å². The minimum Gasteiger partial charge on any atom is -0.379 e. The largest absolute Gasteiger partial charge is 0.379 e. The number of nitro benzene ring substituents is 1. The first-order valence-corrected chi connectivity index (χ1v) is 7.49. The van der Waals surface area contributed by atoms with Crippen LogP contribution in [0.25, 0.3) is 0 Å². The molecule has 0 aliphatic heterocycles. The van der Waals surface area contributed by atoms with Gasteiger partial charge in [0.15, 0.2) is 0 Å². The van der Waals surface area contributed by atoms with Gasteiger partial charge in [-0.05, 0) is 62.0 Å². The quantitative estimate of drug-likeness (QED) is 0.578. The van der Waals surface area contributed by atoms with Crippen LogP contribution in [-0.4, -0.2) is 4.92 Å².